The maximum Gasteiger partial charge on any atom is 0.242 e. The minimum Gasteiger partial charge on any atom is -0.508 e. The summed E-state index contributed by atoms with van der Waals surface area (Å²) in [6.07, 6.45) is 2.56. The van der Waals surface area contributed by atoms with Crippen LogP contribution in [0.4, 0.5) is 5.82 Å². The predicted octanol–water partition coefficient (Wildman–Crippen LogP) is 6.23. The highest BCUT2D eigenvalue weighted by Gasteiger charge is 2.68. The Morgan fingerprint density at radius 3 is 2.55 bits per heavy atom. The highest BCUT2D eigenvalue weighted by molar-refractivity contribution is 7.22. The maximum absolute atomic E-state index is 14.9. The number of methoxy groups -OCH3 is 1. The molecule has 0 radical (unpaired) electrons. The van der Waals surface area contributed by atoms with Crippen molar-refractivity contribution in [3.05, 3.63) is 70.3 Å². The van der Waals surface area contributed by atoms with Crippen LogP contribution in [0.1, 0.15) is 43.7 Å². The molecule has 2 aliphatic carbocycles. The molecular weight excluding hydrogens is 664 g/mol. The number of hydrogen-bond acceptors (Lipinski definition) is 8. The second-order valence-electron chi connectivity index (χ2n) is 13.7. The first-order chi connectivity index (χ1) is 23.4. The fourth-order valence-corrected chi connectivity index (χ4v) is 10.4. The van der Waals surface area contributed by atoms with Crippen LogP contribution in [-0.4, -0.2) is 57.1 Å². The molecule has 12 heteroatoms. The Morgan fingerprint density at radius 2 is 1.84 bits per heavy atom. The number of halogens is 1. The normalized spacial score (nSPS) is 27.9. The van der Waals surface area contributed by atoms with E-state index in [2.05, 4.69) is 0 Å². The van der Waals surface area contributed by atoms with Crippen LogP contribution in [0.2, 0.25) is 5.02 Å². The lowest BCUT2D eigenvalue weighted by Gasteiger charge is -2.49. The average Bonchev–Trinajstić information content (AvgIpc) is 3.75. The fourth-order valence-electron chi connectivity index (χ4n) is 9.06. The van der Waals surface area contributed by atoms with Gasteiger partial charge in [0.2, 0.25) is 23.6 Å². The number of nitrogens with zero attached hydrogens (tertiary/aromatic N) is 4. The fraction of sp³-hybridized carbons (Fsp3) is 0.378. The first-order valence-corrected chi connectivity index (χ1v) is 17.6. The molecule has 2 aromatic carbocycles. The van der Waals surface area contributed by atoms with Gasteiger partial charge < -0.3 is 9.84 Å². The number of aryl methyl sites for hydroxylation is 2. The zero-order valence-electron chi connectivity index (χ0n) is 27.7. The third-order valence-corrected chi connectivity index (χ3v) is 13.0. The Morgan fingerprint density at radius 1 is 1.06 bits per heavy atom. The molecule has 4 aromatic rings. The van der Waals surface area contributed by atoms with Gasteiger partial charge in [0.15, 0.2) is 0 Å². The number of fused-ring (bicyclic) bond motifs is 5. The number of thiophene rings is 1. The SMILES string of the molecule is CCN1C(=O)C2CC=C3C(CC4C(=O)N(c5cc(-c6sc7ccc(Cl)cc7c6C)nn5C)C(=O)C4(C)C3c3ccc(OC)cc3O)C2C1=O. The van der Waals surface area contributed by atoms with Crippen LogP contribution in [0.25, 0.3) is 20.7 Å². The van der Waals surface area contributed by atoms with Crippen LogP contribution in [0.5, 0.6) is 11.5 Å². The van der Waals surface area contributed by atoms with Gasteiger partial charge in [-0.15, -0.1) is 11.3 Å². The number of rotatable bonds is 5. The van der Waals surface area contributed by atoms with E-state index in [1.54, 1.807) is 55.1 Å². The molecule has 6 atom stereocenters. The van der Waals surface area contributed by atoms with E-state index in [1.165, 1.54) is 23.0 Å². The summed E-state index contributed by atoms with van der Waals surface area (Å²) in [7, 11) is 3.22. The second kappa shape index (κ2) is 11.0. The summed E-state index contributed by atoms with van der Waals surface area (Å²) >= 11 is 7.86. The van der Waals surface area contributed by atoms with E-state index in [-0.39, 0.29) is 36.4 Å². The monoisotopic (exact) mass is 698 g/mol. The van der Waals surface area contributed by atoms with Crippen molar-refractivity contribution in [2.24, 2.45) is 36.1 Å². The summed E-state index contributed by atoms with van der Waals surface area (Å²) in [6, 6.07) is 12.5. The van der Waals surface area contributed by atoms with Crippen molar-refractivity contribution in [2.45, 2.75) is 39.5 Å². The highest BCUT2D eigenvalue weighted by atomic mass is 35.5. The van der Waals surface area contributed by atoms with Gasteiger partial charge in [-0.05, 0) is 74.7 Å². The number of aromatic hydroxyl groups is 1. The van der Waals surface area contributed by atoms with Crippen molar-refractivity contribution >= 4 is 62.5 Å². The van der Waals surface area contributed by atoms with Crippen LogP contribution in [0.15, 0.2) is 54.1 Å². The lowest BCUT2D eigenvalue weighted by molar-refractivity contribution is -0.140. The Hall–Kier alpha value is -4.48. The molecule has 0 spiro atoms. The smallest absolute Gasteiger partial charge is 0.242 e. The van der Waals surface area contributed by atoms with Gasteiger partial charge in [-0.3, -0.25) is 28.8 Å². The zero-order valence-corrected chi connectivity index (χ0v) is 29.3. The topological polar surface area (TPSA) is 122 Å². The molecule has 4 aliphatic rings. The van der Waals surface area contributed by atoms with E-state index >= 15 is 0 Å². The van der Waals surface area contributed by atoms with Crippen LogP contribution >= 0.6 is 22.9 Å². The van der Waals surface area contributed by atoms with Gasteiger partial charge in [-0.25, -0.2) is 4.90 Å². The Balaban J connectivity index is 1.26. The van der Waals surface area contributed by atoms with Gasteiger partial charge in [0, 0.05) is 46.9 Å². The number of benzene rings is 2. The van der Waals surface area contributed by atoms with E-state index < -0.39 is 40.9 Å². The molecule has 4 amide bonds. The standard InChI is InChI=1S/C37H35ClN4O6S/c1-6-41-33(44)22-11-10-20-24(30(22)35(41)46)15-25-34(45)42(36(47)37(25,3)31(20)21-9-8-19(48-5)14-27(21)43)29-16-26(39-40(29)4)32-17(2)23-13-18(38)7-12-28(23)49-32/h7-10,12-14,16,22,24-25,30-31,43H,6,11,15H2,1-5H3. The Labute approximate surface area is 291 Å². The lowest BCUT2D eigenvalue weighted by Crippen LogP contribution is -2.49. The number of anilines is 1. The van der Waals surface area contributed by atoms with E-state index in [4.69, 9.17) is 21.4 Å². The molecule has 8 rings (SSSR count). The molecular formula is C37H35ClN4O6S. The maximum atomic E-state index is 14.9. The predicted molar refractivity (Wildman–Crippen MR) is 185 cm³/mol. The summed E-state index contributed by atoms with van der Waals surface area (Å²) < 4.78 is 7.96. The molecule has 4 heterocycles. The first-order valence-electron chi connectivity index (χ1n) is 16.4. The number of carbonyl (C=O) groups excluding carboxylic acids is 4. The lowest BCUT2D eigenvalue weighted by atomic mass is 9.51. The van der Waals surface area contributed by atoms with Gasteiger partial charge in [0.05, 0.1) is 35.2 Å². The Bertz CT molecular complexity index is 2170. The molecule has 6 unspecified atom stereocenters. The van der Waals surface area contributed by atoms with Crippen molar-refractivity contribution < 1.29 is 29.0 Å². The first kappa shape index (κ1) is 31.8. The minimum absolute atomic E-state index is 0.0705. The van der Waals surface area contributed by atoms with Crippen molar-refractivity contribution in [2.75, 3.05) is 18.6 Å². The quantitative estimate of drug-likeness (QED) is 0.194. The van der Waals surface area contributed by atoms with Crippen molar-refractivity contribution in [1.82, 2.24) is 14.7 Å². The van der Waals surface area contributed by atoms with Gasteiger partial charge in [0.25, 0.3) is 0 Å². The molecule has 1 saturated carbocycles. The summed E-state index contributed by atoms with van der Waals surface area (Å²) in [5.41, 5.74) is 1.62. The summed E-state index contributed by atoms with van der Waals surface area (Å²) in [5, 5.41) is 17.8. The molecule has 252 valence electrons. The Kier molecular flexibility index (Phi) is 7.14. The summed E-state index contributed by atoms with van der Waals surface area (Å²) in [4.78, 5) is 60.2. The number of ether oxygens (including phenoxy) is 1. The van der Waals surface area contributed by atoms with E-state index in [0.29, 0.717) is 34.3 Å². The number of hydrogen-bond donors (Lipinski definition) is 1. The molecule has 2 saturated heterocycles. The van der Waals surface area contributed by atoms with E-state index in [0.717, 1.165) is 26.1 Å². The van der Waals surface area contributed by atoms with Gasteiger partial charge in [-0.1, -0.05) is 29.3 Å². The van der Waals surface area contributed by atoms with Gasteiger partial charge in [-0.2, -0.15) is 5.10 Å². The number of amides is 4. The van der Waals surface area contributed by atoms with Crippen LogP contribution in [0.3, 0.4) is 0 Å². The number of likely N-dealkylation sites (tertiary alicyclic amines) is 1. The third-order valence-electron chi connectivity index (χ3n) is 11.4. The highest BCUT2D eigenvalue weighted by Crippen LogP contribution is 2.64. The third kappa shape index (κ3) is 4.27. The number of allylic oxidation sites excluding steroid dienone is 2. The summed E-state index contributed by atoms with van der Waals surface area (Å²) in [5.74, 6) is -3.66. The largest absolute Gasteiger partial charge is 0.508 e. The van der Waals surface area contributed by atoms with Crippen LogP contribution in [0, 0.1) is 36.0 Å². The summed E-state index contributed by atoms with van der Waals surface area (Å²) in [6.45, 7) is 5.86. The average molecular weight is 699 g/mol. The number of phenols is 1. The minimum atomic E-state index is -1.30. The number of imide groups is 2. The van der Waals surface area contributed by atoms with Crippen molar-refractivity contribution in [1.29, 1.82) is 0 Å². The number of aromatic nitrogens is 2. The molecule has 49 heavy (non-hydrogen) atoms. The van der Waals surface area contributed by atoms with E-state index in [1.807, 2.05) is 31.2 Å². The van der Waals surface area contributed by atoms with Crippen LogP contribution in [-0.2, 0) is 26.2 Å². The molecule has 10 nitrogen and oxygen atoms in total. The van der Waals surface area contributed by atoms with E-state index in [9.17, 15) is 24.3 Å². The van der Waals surface area contributed by atoms with Gasteiger partial charge >= 0.3 is 0 Å². The second-order valence-corrected chi connectivity index (χ2v) is 15.2. The number of carbonyl (C=O) groups is 4. The zero-order chi connectivity index (χ0) is 34.7. The molecule has 2 aromatic heterocycles. The van der Waals surface area contributed by atoms with Crippen molar-refractivity contribution in [3.8, 4) is 22.1 Å². The van der Waals surface area contributed by atoms with Crippen LogP contribution < -0.4 is 9.64 Å². The molecule has 3 fully saturated rings. The molecule has 2 aliphatic heterocycles. The number of phenolic OH excluding ortho intramolecular Hbond substituents is 1. The van der Waals surface area contributed by atoms with Crippen molar-refractivity contribution in [3.63, 3.8) is 0 Å². The molecule has 0 bridgehead atoms. The van der Waals surface area contributed by atoms with Gasteiger partial charge in [0.1, 0.15) is 23.0 Å². The molecule has 1 N–H and O–H groups in total.